The number of methoxy groups -OCH3 is 1. The number of hydrogen-bond acceptors (Lipinski definition) is 6. The van der Waals surface area contributed by atoms with Crippen LogP contribution in [0.5, 0.6) is 5.75 Å². The number of anilines is 1. The molecule has 3 aromatic rings. The van der Waals surface area contributed by atoms with Gasteiger partial charge in [0.25, 0.3) is 5.91 Å². The van der Waals surface area contributed by atoms with E-state index in [1.807, 2.05) is 45.0 Å². The van der Waals surface area contributed by atoms with Crippen molar-refractivity contribution in [2.75, 3.05) is 12.0 Å². The quantitative estimate of drug-likeness (QED) is 0.545. The maximum absolute atomic E-state index is 13.6. The number of aliphatic hydroxyl groups excluding tert-OH is 1. The number of aromatic nitrogens is 1. The summed E-state index contributed by atoms with van der Waals surface area (Å²) in [5, 5.41) is 11.7. The van der Waals surface area contributed by atoms with Gasteiger partial charge < -0.3 is 9.84 Å². The van der Waals surface area contributed by atoms with Crippen LogP contribution in [0.25, 0.3) is 0 Å². The molecular formula is C25H24N2O4S. The second-order valence-corrected chi connectivity index (χ2v) is 9.09. The van der Waals surface area contributed by atoms with E-state index in [2.05, 4.69) is 4.98 Å². The molecule has 0 radical (unpaired) electrons. The van der Waals surface area contributed by atoms with Gasteiger partial charge in [0.1, 0.15) is 5.75 Å². The maximum atomic E-state index is 13.6. The SMILES string of the molecule is COc1cccc(C2C(C(=O)c3sc(C)nc3C)=C(O)C(=O)N2c2cc(C)ccc2C)c1. The number of ether oxygens (including phenoxy) is 1. The third kappa shape index (κ3) is 3.58. The first-order valence-corrected chi connectivity index (χ1v) is 11.0. The van der Waals surface area contributed by atoms with Crippen LogP contribution in [0.1, 0.15) is 43.1 Å². The van der Waals surface area contributed by atoms with Crippen molar-refractivity contribution in [2.24, 2.45) is 0 Å². The summed E-state index contributed by atoms with van der Waals surface area (Å²) in [6, 6.07) is 12.2. The molecule has 1 atom stereocenters. The van der Waals surface area contributed by atoms with Gasteiger partial charge in [0, 0.05) is 5.69 Å². The number of nitrogens with zero attached hydrogens (tertiary/aromatic N) is 2. The molecule has 0 saturated heterocycles. The number of aryl methyl sites for hydroxylation is 4. The standard InChI is InChI=1S/C25H24N2O4S/c1-13-9-10-14(2)19(11-13)27-21(17-7-6-8-18(12-17)31-5)20(23(29)25(27)30)22(28)24-15(3)26-16(4)32-24/h6-12,21,29H,1-5H3. The lowest BCUT2D eigenvalue weighted by atomic mass is 9.94. The second-order valence-electron chi connectivity index (χ2n) is 7.88. The number of aliphatic hydroxyl groups is 1. The lowest BCUT2D eigenvalue weighted by Crippen LogP contribution is -2.31. The second kappa shape index (κ2) is 8.24. The zero-order chi connectivity index (χ0) is 23.2. The average Bonchev–Trinajstić information content (AvgIpc) is 3.25. The van der Waals surface area contributed by atoms with Crippen LogP contribution in [-0.2, 0) is 4.79 Å². The Kier molecular flexibility index (Phi) is 5.60. The predicted octanol–water partition coefficient (Wildman–Crippen LogP) is 5.17. The molecule has 2 heterocycles. The van der Waals surface area contributed by atoms with Crippen LogP contribution in [0.2, 0.25) is 0 Å². The Morgan fingerprint density at radius 1 is 1.12 bits per heavy atom. The summed E-state index contributed by atoms with van der Waals surface area (Å²) in [7, 11) is 1.56. The summed E-state index contributed by atoms with van der Waals surface area (Å²) < 4.78 is 5.38. The third-order valence-corrected chi connectivity index (χ3v) is 6.67. The third-order valence-electron chi connectivity index (χ3n) is 5.60. The van der Waals surface area contributed by atoms with Crippen molar-refractivity contribution in [1.82, 2.24) is 4.98 Å². The van der Waals surface area contributed by atoms with Gasteiger partial charge in [-0.2, -0.15) is 0 Å². The Labute approximate surface area is 190 Å². The van der Waals surface area contributed by atoms with Gasteiger partial charge in [-0.3, -0.25) is 14.5 Å². The van der Waals surface area contributed by atoms with E-state index in [0.29, 0.717) is 27.6 Å². The summed E-state index contributed by atoms with van der Waals surface area (Å²) in [5.41, 5.74) is 3.79. The normalized spacial score (nSPS) is 16.1. The Morgan fingerprint density at radius 2 is 1.88 bits per heavy atom. The number of Topliss-reactive ketones (excluding diaryl/α,β-unsaturated/α-hetero) is 1. The topological polar surface area (TPSA) is 79.7 Å². The molecule has 7 heteroatoms. The van der Waals surface area contributed by atoms with E-state index in [-0.39, 0.29) is 11.4 Å². The number of thiazole rings is 1. The van der Waals surface area contributed by atoms with Crippen molar-refractivity contribution >= 4 is 28.7 Å². The molecule has 1 aliphatic heterocycles. The number of amides is 1. The smallest absolute Gasteiger partial charge is 0.294 e. The zero-order valence-corrected chi connectivity index (χ0v) is 19.4. The zero-order valence-electron chi connectivity index (χ0n) is 18.6. The Hall–Kier alpha value is -3.45. The molecule has 164 valence electrons. The van der Waals surface area contributed by atoms with Crippen LogP contribution in [0.4, 0.5) is 5.69 Å². The van der Waals surface area contributed by atoms with Crippen molar-refractivity contribution in [1.29, 1.82) is 0 Å². The van der Waals surface area contributed by atoms with Crippen LogP contribution in [-0.4, -0.2) is 28.9 Å². The van der Waals surface area contributed by atoms with Gasteiger partial charge in [0.2, 0.25) is 5.78 Å². The lowest BCUT2D eigenvalue weighted by Gasteiger charge is -2.28. The number of hydrogen-bond donors (Lipinski definition) is 1. The number of carbonyl (C=O) groups is 2. The molecule has 0 fully saturated rings. The van der Waals surface area contributed by atoms with Gasteiger partial charge in [0.15, 0.2) is 5.76 Å². The van der Waals surface area contributed by atoms with Crippen molar-refractivity contribution in [3.05, 3.63) is 86.1 Å². The van der Waals surface area contributed by atoms with Gasteiger partial charge in [-0.1, -0.05) is 24.3 Å². The van der Waals surface area contributed by atoms with Crippen molar-refractivity contribution < 1.29 is 19.4 Å². The minimum absolute atomic E-state index is 0.0518. The van der Waals surface area contributed by atoms with Crippen molar-refractivity contribution in [3.63, 3.8) is 0 Å². The summed E-state index contributed by atoms with van der Waals surface area (Å²) >= 11 is 1.26. The lowest BCUT2D eigenvalue weighted by molar-refractivity contribution is -0.117. The summed E-state index contributed by atoms with van der Waals surface area (Å²) in [6.45, 7) is 7.42. The molecule has 4 rings (SSSR count). The number of rotatable bonds is 5. The molecule has 0 spiro atoms. The Balaban J connectivity index is 1.94. The van der Waals surface area contributed by atoms with Gasteiger partial charge in [0.05, 0.1) is 34.3 Å². The van der Waals surface area contributed by atoms with Crippen LogP contribution in [0.15, 0.2) is 53.8 Å². The highest BCUT2D eigenvalue weighted by Crippen LogP contribution is 2.44. The van der Waals surface area contributed by atoms with Gasteiger partial charge in [-0.25, -0.2) is 4.98 Å². The molecule has 0 saturated carbocycles. The first-order valence-electron chi connectivity index (χ1n) is 10.2. The van der Waals surface area contributed by atoms with E-state index in [1.54, 1.807) is 32.2 Å². The fraction of sp³-hybridized carbons (Fsp3) is 0.240. The maximum Gasteiger partial charge on any atom is 0.294 e. The van der Waals surface area contributed by atoms with Crippen LogP contribution < -0.4 is 9.64 Å². The van der Waals surface area contributed by atoms with Crippen LogP contribution in [0, 0.1) is 27.7 Å². The van der Waals surface area contributed by atoms with Crippen LogP contribution in [0.3, 0.4) is 0 Å². The summed E-state index contributed by atoms with van der Waals surface area (Å²) in [4.78, 5) is 33.3. The van der Waals surface area contributed by atoms with Crippen molar-refractivity contribution in [3.8, 4) is 5.75 Å². The monoisotopic (exact) mass is 448 g/mol. The van der Waals surface area contributed by atoms with E-state index in [4.69, 9.17) is 4.74 Å². The highest BCUT2D eigenvalue weighted by Gasteiger charge is 2.45. The molecule has 0 aliphatic carbocycles. The highest BCUT2D eigenvalue weighted by atomic mass is 32.1. The number of carbonyl (C=O) groups excluding carboxylic acids is 2. The van der Waals surface area contributed by atoms with Crippen LogP contribution >= 0.6 is 11.3 Å². The Morgan fingerprint density at radius 3 is 2.53 bits per heavy atom. The highest BCUT2D eigenvalue weighted by molar-refractivity contribution is 7.14. The van der Waals surface area contributed by atoms with E-state index in [1.165, 1.54) is 16.2 Å². The minimum Gasteiger partial charge on any atom is -0.503 e. The Bertz CT molecular complexity index is 1270. The van der Waals surface area contributed by atoms with Gasteiger partial charge >= 0.3 is 0 Å². The van der Waals surface area contributed by atoms with E-state index >= 15 is 0 Å². The summed E-state index contributed by atoms with van der Waals surface area (Å²) in [6.07, 6.45) is 0. The molecule has 32 heavy (non-hydrogen) atoms. The molecule has 1 aromatic heterocycles. The van der Waals surface area contributed by atoms with Gasteiger partial charge in [-0.05, 0) is 62.6 Å². The summed E-state index contributed by atoms with van der Waals surface area (Å²) in [5.74, 6) is -0.929. The minimum atomic E-state index is -0.799. The fourth-order valence-corrected chi connectivity index (χ4v) is 4.93. The predicted molar refractivity (Wildman–Crippen MR) is 125 cm³/mol. The molecule has 1 aliphatic rings. The first kappa shape index (κ1) is 21.8. The molecule has 1 unspecified atom stereocenters. The fourth-order valence-electron chi connectivity index (χ4n) is 4.06. The van der Waals surface area contributed by atoms with E-state index < -0.39 is 17.7 Å². The van der Waals surface area contributed by atoms with Crippen molar-refractivity contribution in [2.45, 2.75) is 33.7 Å². The molecule has 6 nitrogen and oxygen atoms in total. The molecule has 1 amide bonds. The number of benzene rings is 2. The first-order chi connectivity index (χ1) is 15.2. The van der Waals surface area contributed by atoms with E-state index in [9.17, 15) is 14.7 Å². The average molecular weight is 449 g/mol. The molecular weight excluding hydrogens is 424 g/mol. The van der Waals surface area contributed by atoms with E-state index in [0.717, 1.165) is 16.1 Å². The molecule has 2 aromatic carbocycles. The number of ketones is 1. The molecule has 1 N–H and O–H groups in total. The van der Waals surface area contributed by atoms with Gasteiger partial charge in [-0.15, -0.1) is 11.3 Å². The largest absolute Gasteiger partial charge is 0.503 e. The molecule has 0 bridgehead atoms.